The van der Waals surface area contributed by atoms with Crippen molar-refractivity contribution in [3.8, 4) is 0 Å². The molecule has 1 fully saturated rings. The molecule has 1 heterocycles. The van der Waals surface area contributed by atoms with Crippen LogP contribution in [0.15, 0.2) is 28.7 Å². The minimum Gasteiger partial charge on any atom is -0.379 e. The van der Waals surface area contributed by atoms with Gasteiger partial charge in [-0.1, -0.05) is 28.1 Å². The highest BCUT2D eigenvalue weighted by molar-refractivity contribution is 9.10. The fraction of sp³-hybridized carbons (Fsp3) is 0.538. The number of ether oxygens (including phenoxy) is 1. The third-order valence-electron chi connectivity index (χ3n) is 3.14. The van der Waals surface area contributed by atoms with Crippen LogP contribution in [-0.4, -0.2) is 44.8 Å². The molecule has 1 aliphatic rings. The van der Waals surface area contributed by atoms with Crippen LogP contribution in [0.3, 0.4) is 0 Å². The number of hydrogen-bond donors (Lipinski definition) is 1. The minimum absolute atomic E-state index is 0.380. The Morgan fingerprint density at radius 3 is 2.82 bits per heavy atom. The van der Waals surface area contributed by atoms with Gasteiger partial charge in [0.25, 0.3) is 0 Å². The van der Waals surface area contributed by atoms with Crippen LogP contribution in [0.4, 0.5) is 0 Å². The Morgan fingerprint density at radius 2 is 2.18 bits per heavy atom. The summed E-state index contributed by atoms with van der Waals surface area (Å²) < 4.78 is 6.51. The van der Waals surface area contributed by atoms with Crippen molar-refractivity contribution in [2.45, 2.75) is 6.04 Å². The van der Waals surface area contributed by atoms with Gasteiger partial charge in [-0.25, -0.2) is 0 Å². The van der Waals surface area contributed by atoms with Crippen LogP contribution in [0.1, 0.15) is 11.6 Å². The van der Waals surface area contributed by atoms with E-state index in [-0.39, 0.29) is 0 Å². The van der Waals surface area contributed by atoms with Crippen LogP contribution in [0.2, 0.25) is 0 Å². The average molecular weight is 299 g/mol. The van der Waals surface area contributed by atoms with Gasteiger partial charge in [0.2, 0.25) is 0 Å². The highest BCUT2D eigenvalue weighted by Crippen LogP contribution is 2.19. The van der Waals surface area contributed by atoms with Crippen LogP contribution in [0.25, 0.3) is 0 Å². The minimum atomic E-state index is 0.380. The van der Waals surface area contributed by atoms with E-state index in [1.807, 2.05) is 7.05 Å². The number of nitrogens with one attached hydrogen (secondary N) is 1. The number of halogens is 1. The molecule has 1 aromatic carbocycles. The summed E-state index contributed by atoms with van der Waals surface area (Å²) in [6.07, 6.45) is 0. The SMILES string of the molecule is CN[C@@H](CN1CCOCC1)c1cccc(Br)c1. The molecule has 0 unspecified atom stereocenters. The number of likely N-dealkylation sites (N-methyl/N-ethyl adjacent to an activating group) is 1. The van der Waals surface area contributed by atoms with Crippen molar-refractivity contribution in [2.75, 3.05) is 39.9 Å². The molecule has 17 heavy (non-hydrogen) atoms. The Balaban J connectivity index is 2.00. The number of hydrogen-bond acceptors (Lipinski definition) is 3. The van der Waals surface area contributed by atoms with Gasteiger partial charge < -0.3 is 10.1 Å². The van der Waals surface area contributed by atoms with Crippen LogP contribution in [-0.2, 0) is 4.74 Å². The molecule has 1 saturated heterocycles. The smallest absolute Gasteiger partial charge is 0.0594 e. The van der Waals surface area contributed by atoms with Gasteiger partial charge in [0.05, 0.1) is 13.2 Å². The third kappa shape index (κ3) is 3.78. The lowest BCUT2D eigenvalue weighted by Gasteiger charge is -2.30. The quantitative estimate of drug-likeness (QED) is 0.921. The van der Waals surface area contributed by atoms with E-state index >= 15 is 0 Å². The van der Waals surface area contributed by atoms with Crippen molar-refractivity contribution in [3.05, 3.63) is 34.3 Å². The van der Waals surface area contributed by atoms with Gasteiger partial charge in [0.1, 0.15) is 0 Å². The zero-order valence-electron chi connectivity index (χ0n) is 10.2. The topological polar surface area (TPSA) is 24.5 Å². The molecule has 1 aromatic rings. The lowest BCUT2D eigenvalue weighted by molar-refractivity contribution is 0.0338. The van der Waals surface area contributed by atoms with Gasteiger partial charge in [-0.15, -0.1) is 0 Å². The van der Waals surface area contributed by atoms with Gasteiger partial charge in [-0.05, 0) is 24.7 Å². The second kappa shape index (κ2) is 6.50. The van der Waals surface area contributed by atoms with E-state index in [4.69, 9.17) is 4.74 Å². The molecule has 4 heteroatoms. The second-order valence-corrected chi connectivity index (χ2v) is 5.22. The summed E-state index contributed by atoms with van der Waals surface area (Å²) in [4.78, 5) is 2.45. The number of benzene rings is 1. The van der Waals surface area contributed by atoms with Crippen molar-refractivity contribution in [1.82, 2.24) is 10.2 Å². The largest absolute Gasteiger partial charge is 0.379 e. The zero-order valence-corrected chi connectivity index (χ0v) is 11.7. The molecule has 0 bridgehead atoms. The predicted octanol–water partition coefficient (Wildman–Crippen LogP) is 2.04. The Morgan fingerprint density at radius 1 is 1.41 bits per heavy atom. The van der Waals surface area contributed by atoms with Crippen LogP contribution < -0.4 is 5.32 Å². The van der Waals surface area contributed by atoms with Gasteiger partial charge in [-0.2, -0.15) is 0 Å². The van der Waals surface area contributed by atoms with E-state index in [1.54, 1.807) is 0 Å². The first-order valence-corrected chi connectivity index (χ1v) is 6.81. The highest BCUT2D eigenvalue weighted by atomic mass is 79.9. The molecule has 0 spiro atoms. The lowest BCUT2D eigenvalue weighted by atomic mass is 10.1. The van der Waals surface area contributed by atoms with Crippen molar-refractivity contribution < 1.29 is 4.74 Å². The lowest BCUT2D eigenvalue weighted by Crippen LogP contribution is -2.41. The van der Waals surface area contributed by atoms with Crippen molar-refractivity contribution in [3.63, 3.8) is 0 Å². The summed E-state index contributed by atoms with van der Waals surface area (Å²) in [6, 6.07) is 8.88. The van der Waals surface area contributed by atoms with Crippen molar-refractivity contribution in [2.24, 2.45) is 0 Å². The number of morpholine rings is 1. The predicted molar refractivity (Wildman–Crippen MR) is 73.2 cm³/mol. The van der Waals surface area contributed by atoms with Gasteiger partial charge >= 0.3 is 0 Å². The summed E-state index contributed by atoms with van der Waals surface area (Å²) in [5.74, 6) is 0. The normalized spacial score (nSPS) is 19.2. The first kappa shape index (κ1) is 13.0. The fourth-order valence-corrected chi connectivity index (χ4v) is 2.55. The van der Waals surface area contributed by atoms with E-state index in [1.165, 1.54) is 5.56 Å². The monoisotopic (exact) mass is 298 g/mol. The van der Waals surface area contributed by atoms with Gasteiger partial charge in [0.15, 0.2) is 0 Å². The molecular formula is C13H19BrN2O. The van der Waals surface area contributed by atoms with E-state index in [9.17, 15) is 0 Å². The molecule has 2 rings (SSSR count). The maximum Gasteiger partial charge on any atom is 0.0594 e. The summed E-state index contributed by atoms with van der Waals surface area (Å²) in [6.45, 7) is 4.82. The van der Waals surface area contributed by atoms with E-state index in [0.717, 1.165) is 37.3 Å². The Hall–Kier alpha value is -0.420. The molecule has 0 radical (unpaired) electrons. The standard InChI is InChI=1S/C13H19BrN2O/c1-15-13(10-16-5-7-17-8-6-16)11-3-2-4-12(14)9-11/h2-4,9,13,15H,5-8,10H2,1H3/t13-/m0/s1. The van der Waals surface area contributed by atoms with Crippen molar-refractivity contribution >= 4 is 15.9 Å². The molecule has 1 atom stereocenters. The molecular weight excluding hydrogens is 280 g/mol. The molecule has 1 N–H and O–H groups in total. The van der Waals surface area contributed by atoms with Crippen molar-refractivity contribution in [1.29, 1.82) is 0 Å². The fourth-order valence-electron chi connectivity index (χ4n) is 2.13. The first-order valence-electron chi connectivity index (χ1n) is 6.02. The Labute approximate surface area is 111 Å². The molecule has 3 nitrogen and oxygen atoms in total. The zero-order chi connectivity index (χ0) is 12.1. The maximum atomic E-state index is 5.37. The summed E-state index contributed by atoms with van der Waals surface area (Å²) in [5, 5.41) is 3.39. The summed E-state index contributed by atoms with van der Waals surface area (Å²) in [7, 11) is 2.02. The molecule has 94 valence electrons. The maximum absolute atomic E-state index is 5.37. The Kier molecular flexibility index (Phi) is 4.98. The van der Waals surface area contributed by atoms with E-state index in [2.05, 4.69) is 50.4 Å². The molecule has 0 amide bonds. The van der Waals surface area contributed by atoms with Gasteiger partial charge in [0, 0.05) is 30.1 Å². The average Bonchev–Trinajstić information content (AvgIpc) is 2.37. The van der Waals surface area contributed by atoms with E-state index in [0.29, 0.717) is 6.04 Å². The van der Waals surface area contributed by atoms with Crippen LogP contribution in [0, 0.1) is 0 Å². The number of rotatable bonds is 4. The third-order valence-corrected chi connectivity index (χ3v) is 3.64. The first-order chi connectivity index (χ1) is 8.29. The molecule has 0 aliphatic carbocycles. The van der Waals surface area contributed by atoms with E-state index < -0.39 is 0 Å². The molecule has 0 saturated carbocycles. The molecule has 1 aliphatic heterocycles. The van der Waals surface area contributed by atoms with Crippen LogP contribution >= 0.6 is 15.9 Å². The van der Waals surface area contributed by atoms with Gasteiger partial charge in [-0.3, -0.25) is 4.90 Å². The summed E-state index contributed by atoms with van der Waals surface area (Å²) in [5.41, 5.74) is 1.33. The summed E-state index contributed by atoms with van der Waals surface area (Å²) >= 11 is 3.52. The number of nitrogens with zero attached hydrogens (tertiary/aromatic N) is 1. The molecule has 0 aromatic heterocycles. The second-order valence-electron chi connectivity index (χ2n) is 4.31. The van der Waals surface area contributed by atoms with Crippen LogP contribution in [0.5, 0.6) is 0 Å². The highest BCUT2D eigenvalue weighted by Gasteiger charge is 2.16. The Bertz CT molecular complexity index is 353.